The number of aliphatic hydroxyl groups is 2. The Balaban J connectivity index is 1.21. The number of imide groups is 1. The summed E-state index contributed by atoms with van der Waals surface area (Å²) < 4.78 is 13.2. The summed E-state index contributed by atoms with van der Waals surface area (Å²) in [5, 5.41) is 19.4. The van der Waals surface area contributed by atoms with E-state index < -0.39 is 6.29 Å². The minimum atomic E-state index is -0.609. The molecule has 3 aliphatic rings. The Kier molecular flexibility index (Phi) is 8.01. The van der Waals surface area contributed by atoms with E-state index in [2.05, 4.69) is 11.8 Å². The molecule has 3 aliphatic heterocycles. The maximum Gasteiger partial charge on any atom is 0.261 e. The van der Waals surface area contributed by atoms with Crippen LogP contribution in [0.3, 0.4) is 0 Å². The topological polar surface area (TPSA) is 99.5 Å². The van der Waals surface area contributed by atoms with Gasteiger partial charge in [-0.15, -0.1) is 0 Å². The van der Waals surface area contributed by atoms with E-state index in [1.807, 2.05) is 48.5 Å². The second-order valence-electron chi connectivity index (χ2n) is 11.3. The van der Waals surface area contributed by atoms with Crippen LogP contribution < -0.4 is 0 Å². The third-order valence-electron chi connectivity index (χ3n) is 8.72. The zero-order valence-corrected chi connectivity index (χ0v) is 23.2. The standard InChI is InChI=1S/C33H36N2O6/c1-21-29(18-34-16-4-5-26(34)20-37)40-33(41-30(21)24-12-10-23(19-36)11-13-24)25-14-8-22(9-15-25)17-35-31(38)27-6-2-3-7-28(27)32(35)39/h2-3,6-15,21,26,29-30,33,36-37H,4-5,16-20H2,1H3/t21-,26+,29+,30+,33+/m1/s1. The summed E-state index contributed by atoms with van der Waals surface area (Å²) >= 11 is 0. The minimum absolute atomic E-state index is 0.0136. The molecule has 2 amide bonds. The van der Waals surface area contributed by atoms with Gasteiger partial charge in [-0.25, -0.2) is 0 Å². The average Bonchev–Trinajstić information content (AvgIpc) is 3.56. The normalized spacial score (nSPS) is 26.5. The highest BCUT2D eigenvalue weighted by Crippen LogP contribution is 2.42. The van der Waals surface area contributed by atoms with E-state index in [4.69, 9.17) is 9.47 Å². The number of carbonyl (C=O) groups is 2. The number of fused-ring (bicyclic) bond motifs is 1. The lowest BCUT2D eigenvalue weighted by molar-refractivity contribution is -0.276. The molecule has 0 aliphatic carbocycles. The van der Waals surface area contributed by atoms with Gasteiger partial charge in [-0.2, -0.15) is 0 Å². The molecule has 6 rings (SSSR count). The summed E-state index contributed by atoms with van der Waals surface area (Å²) in [6, 6.07) is 22.6. The molecular formula is C33H36N2O6. The molecular weight excluding hydrogens is 520 g/mol. The lowest BCUT2D eigenvalue weighted by Crippen LogP contribution is -2.46. The van der Waals surface area contributed by atoms with Gasteiger partial charge in [-0.05, 0) is 48.2 Å². The van der Waals surface area contributed by atoms with Crippen LogP contribution >= 0.6 is 0 Å². The Labute approximate surface area is 240 Å². The van der Waals surface area contributed by atoms with Crippen LogP contribution in [0.1, 0.15) is 75.1 Å². The second kappa shape index (κ2) is 11.8. The Bertz CT molecular complexity index is 1360. The largest absolute Gasteiger partial charge is 0.395 e. The smallest absolute Gasteiger partial charge is 0.261 e. The molecule has 5 atom stereocenters. The number of hydrogen-bond donors (Lipinski definition) is 2. The van der Waals surface area contributed by atoms with Crippen molar-refractivity contribution in [3.63, 3.8) is 0 Å². The molecule has 2 saturated heterocycles. The minimum Gasteiger partial charge on any atom is -0.395 e. The number of aliphatic hydroxyl groups excluding tert-OH is 2. The van der Waals surface area contributed by atoms with Crippen LogP contribution in [0.25, 0.3) is 0 Å². The fourth-order valence-electron chi connectivity index (χ4n) is 6.25. The first-order valence-corrected chi connectivity index (χ1v) is 14.4. The van der Waals surface area contributed by atoms with Gasteiger partial charge < -0.3 is 19.7 Å². The van der Waals surface area contributed by atoms with Crippen LogP contribution in [0.5, 0.6) is 0 Å². The number of hydrogen-bond acceptors (Lipinski definition) is 7. The first-order chi connectivity index (χ1) is 20.0. The van der Waals surface area contributed by atoms with Crippen molar-refractivity contribution in [1.29, 1.82) is 0 Å². The van der Waals surface area contributed by atoms with Gasteiger partial charge in [0.25, 0.3) is 11.8 Å². The molecule has 0 unspecified atom stereocenters. The summed E-state index contributed by atoms with van der Waals surface area (Å²) in [7, 11) is 0. The summed E-state index contributed by atoms with van der Waals surface area (Å²) in [6.45, 7) is 4.10. The number of benzene rings is 3. The van der Waals surface area contributed by atoms with Gasteiger partial charge in [0, 0.05) is 24.1 Å². The van der Waals surface area contributed by atoms with Crippen molar-refractivity contribution < 1.29 is 29.3 Å². The molecule has 2 fully saturated rings. The molecule has 0 radical (unpaired) electrons. The fraction of sp³-hybridized carbons (Fsp3) is 0.394. The van der Waals surface area contributed by atoms with E-state index in [0.717, 1.165) is 41.6 Å². The number of carbonyl (C=O) groups excluding carboxylic acids is 2. The summed E-state index contributed by atoms with van der Waals surface area (Å²) in [5.74, 6) is -0.494. The SMILES string of the molecule is C[C@@H]1[C@H](CN2CCC[C@H]2CO)O[C@H](c2ccc(CN3C(=O)c4ccccc4C3=O)cc2)O[C@@H]1c1ccc(CO)cc1. The third-order valence-corrected chi connectivity index (χ3v) is 8.72. The molecule has 3 aromatic carbocycles. The summed E-state index contributed by atoms with van der Waals surface area (Å²) in [5.41, 5.74) is 4.44. The Morgan fingerprint density at radius 1 is 0.829 bits per heavy atom. The molecule has 8 heteroatoms. The van der Waals surface area contributed by atoms with E-state index in [-0.39, 0.29) is 55.7 Å². The third kappa shape index (κ3) is 5.46. The van der Waals surface area contributed by atoms with Crippen LogP contribution in [0, 0.1) is 5.92 Å². The summed E-state index contributed by atoms with van der Waals surface area (Å²) in [6.07, 6.45) is 1.09. The van der Waals surface area contributed by atoms with E-state index >= 15 is 0 Å². The lowest BCUT2D eigenvalue weighted by atomic mass is 9.90. The molecule has 3 aromatic rings. The van der Waals surface area contributed by atoms with Crippen molar-refractivity contribution in [2.24, 2.45) is 5.92 Å². The highest BCUT2D eigenvalue weighted by atomic mass is 16.7. The quantitative estimate of drug-likeness (QED) is 0.401. The van der Waals surface area contributed by atoms with Crippen molar-refractivity contribution in [1.82, 2.24) is 9.80 Å². The van der Waals surface area contributed by atoms with Gasteiger partial charge >= 0.3 is 0 Å². The van der Waals surface area contributed by atoms with Gasteiger partial charge in [0.15, 0.2) is 6.29 Å². The van der Waals surface area contributed by atoms with Crippen molar-refractivity contribution in [3.8, 4) is 0 Å². The molecule has 2 N–H and O–H groups in total. The first-order valence-electron chi connectivity index (χ1n) is 14.4. The lowest BCUT2D eigenvalue weighted by Gasteiger charge is -2.43. The number of likely N-dealkylation sites (tertiary alicyclic amines) is 1. The average molecular weight is 557 g/mol. The van der Waals surface area contributed by atoms with Crippen LogP contribution in [0.4, 0.5) is 0 Å². The fourth-order valence-corrected chi connectivity index (χ4v) is 6.25. The van der Waals surface area contributed by atoms with Crippen molar-refractivity contribution in [2.45, 2.75) is 57.5 Å². The molecule has 41 heavy (non-hydrogen) atoms. The number of rotatable bonds is 8. The predicted molar refractivity (Wildman–Crippen MR) is 152 cm³/mol. The number of ether oxygens (including phenoxy) is 2. The summed E-state index contributed by atoms with van der Waals surface area (Å²) in [4.78, 5) is 29.2. The molecule has 8 nitrogen and oxygen atoms in total. The maximum atomic E-state index is 12.8. The van der Waals surface area contributed by atoms with Crippen molar-refractivity contribution >= 4 is 11.8 Å². The number of nitrogens with zero attached hydrogens (tertiary/aromatic N) is 2. The molecule has 0 bridgehead atoms. The van der Waals surface area contributed by atoms with Gasteiger partial charge in [0.1, 0.15) is 0 Å². The Morgan fingerprint density at radius 2 is 1.46 bits per heavy atom. The Morgan fingerprint density at radius 3 is 2.10 bits per heavy atom. The predicted octanol–water partition coefficient (Wildman–Crippen LogP) is 4.22. The van der Waals surface area contributed by atoms with Gasteiger partial charge in [0.05, 0.1) is 43.1 Å². The highest BCUT2D eigenvalue weighted by Gasteiger charge is 2.40. The van der Waals surface area contributed by atoms with Gasteiger partial charge in [0.2, 0.25) is 0 Å². The van der Waals surface area contributed by atoms with E-state index in [0.29, 0.717) is 17.7 Å². The van der Waals surface area contributed by atoms with Crippen molar-refractivity contribution in [2.75, 3.05) is 19.7 Å². The highest BCUT2D eigenvalue weighted by molar-refractivity contribution is 6.21. The first kappa shape index (κ1) is 27.8. The molecule has 0 spiro atoms. The van der Waals surface area contributed by atoms with Crippen LogP contribution in [0.15, 0.2) is 72.8 Å². The van der Waals surface area contributed by atoms with Gasteiger partial charge in [-0.1, -0.05) is 67.6 Å². The van der Waals surface area contributed by atoms with E-state index in [1.165, 1.54) is 4.90 Å². The molecule has 0 saturated carbocycles. The molecule has 3 heterocycles. The molecule has 0 aromatic heterocycles. The Hall–Kier alpha value is -3.40. The van der Waals surface area contributed by atoms with E-state index in [9.17, 15) is 19.8 Å². The molecule has 214 valence electrons. The number of amides is 2. The van der Waals surface area contributed by atoms with Crippen LogP contribution in [0.2, 0.25) is 0 Å². The maximum absolute atomic E-state index is 12.8. The second-order valence-corrected chi connectivity index (χ2v) is 11.3. The zero-order valence-electron chi connectivity index (χ0n) is 23.2. The van der Waals surface area contributed by atoms with E-state index in [1.54, 1.807) is 24.3 Å². The zero-order chi connectivity index (χ0) is 28.5. The van der Waals surface area contributed by atoms with Crippen LogP contribution in [-0.4, -0.2) is 63.7 Å². The van der Waals surface area contributed by atoms with Gasteiger partial charge in [-0.3, -0.25) is 19.4 Å². The van der Waals surface area contributed by atoms with Crippen molar-refractivity contribution in [3.05, 3.63) is 106 Å². The van der Waals surface area contributed by atoms with Crippen LogP contribution in [-0.2, 0) is 22.6 Å². The monoisotopic (exact) mass is 556 g/mol.